The highest BCUT2D eigenvalue weighted by atomic mass is 35.5. The fourth-order valence-corrected chi connectivity index (χ4v) is 3.08. The molecule has 0 aliphatic heterocycles. The number of fused-ring (bicyclic) bond motifs is 1. The molecule has 4 heteroatoms. The Balaban J connectivity index is 2.41. The van der Waals surface area contributed by atoms with Gasteiger partial charge in [0.15, 0.2) is 0 Å². The average molecular weight is 319 g/mol. The number of para-hydroxylation sites is 1. The van der Waals surface area contributed by atoms with Gasteiger partial charge in [-0.05, 0) is 50.1 Å². The van der Waals surface area contributed by atoms with Crippen LogP contribution in [-0.2, 0) is 0 Å². The normalized spacial score (nSPS) is 12.8. The van der Waals surface area contributed by atoms with Crippen molar-refractivity contribution in [2.24, 2.45) is 0 Å². The Morgan fingerprint density at radius 1 is 1.14 bits per heavy atom. The Morgan fingerprint density at radius 2 is 1.90 bits per heavy atom. The van der Waals surface area contributed by atoms with E-state index in [4.69, 9.17) is 23.2 Å². The van der Waals surface area contributed by atoms with Crippen LogP contribution in [0.1, 0.15) is 29.3 Å². The van der Waals surface area contributed by atoms with Gasteiger partial charge in [0, 0.05) is 0 Å². The van der Waals surface area contributed by atoms with Crippen LogP contribution in [0.5, 0.6) is 0 Å². The van der Waals surface area contributed by atoms with Gasteiger partial charge in [0.1, 0.15) is 5.82 Å². The number of nitrogens with zero attached hydrogens (tertiary/aromatic N) is 2. The second-order valence-electron chi connectivity index (χ2n) is 5.32. The standard InChI is InChI=1S/C17H16Cl2N2/c1-10-7-8-15(13(19)9-10)21-16-11(2)5-4-6-14(16)20-17(21)12(3)18/h4-9,12H,1-3H3. The molecule has 3 rings (SSSR count). The summed E-state index contributed by atoms with van der Waals surface area (Å²) in [6.07, 6.45) is 0. The van der Waals surface area contributed by atoms with Crippen LogP contribution in [0.4, 0.5) is 0 Å². The van der Waals surface area contributed by atoms with Crippen molar-refractivity contribution >= 4 is 34.2 Å². The van der Waals surface area contributed by atoms with Crippen molar-refractivity contribution in [2.75, 3.05) is 0 Å². The number of benzene rings is 2. The van der Waals surface area contributed by atoms with Gasteiger partial charge >= 0.3 is 0 Å². The van der Waals surface area contributed by atoms with Crippen LogP contribution in [0, 0.1) is 13.8 Å². The molecule has 0 aliphatic carbocycles. The van der Waals surface area contributed by atoms with E-state index in [-0.39, 0.29) is 5.38 Å². The molecule has 0 bridgehead atoms. The number of halogens is 2. The Labute approximate surface area is 134 Å². The topological polar surface area (TPSA) is 17.8 Å². The molecule has 0 fully saturated rings. The molecular weight excluding hydrogens is 303 g/mol. The third kappa shape index (κ3) is 2.43. The predicted molar refractivity (Wildman–Crippen MR) is 89.8 cm³/mol. The van der Waals surface area contributed by atoms with Gasteiger partial charge in [0.25, 0.3) is 0 Å². The fourth-order valence-electron chi connectivity index (χ4n) is 2.62. The molecule has 1 aromatic heterocycles. The monoisotopic (exact) mass is 318 g/mol. The number of alkyl halides is 1. The van der Waals surface area contributed by atoms with Gasteiger partial charge in [-0.25, -0.2) is 4.98 Å². The van der Waals surface area contributed by atoms with Gasteiger partial charge in [-0.3, -0.25) is 4.57 Å². The predicted octanol–water partition coefficient (Wildman–Crippen LogP) is 5.60. The summed E-state index contributed by atoms with van der Waals surface area (Å²) >= 11 is 12.8. The van der Waals surface area contributed by atoms with E-state index in [9.17, 15) is 0 Å². The van der Waals surface area contributed by atoms with Gasteiger partial charge in [-0.15, -0.1) is 11.6 Å². The minimum Gasteiger partial charge on any atom is -0.293 e. The first-order valence-corrected chi connectivity index (χ1v) is 7.69. The van der Waals surface area contributed by atoms with E-state index in [0.29, 0.717) is 5.02 Å². The smallest absolute Gasteiger partial charge is 0.132 e. The number of aromatic nitrogens is 2. The van der Waals surface area contributed by atoms with Crippen molar-refractivity contribution in [3.8, 4) is 5.69 Å². The second kappa shape index (κ2) is 5.36. The summed E-state index contributed by atoms with van der Waals surface area (Å²) in [7, 11) is 0. The molecule has 0 saturated carbocycles. The summed E-state index contributed by atoms with van der Waals surface area (Å²) in [6.45, 7) is 6.03. The van der Waals surface area contributed by atoms with E-state index < -0.39 is 0 Å². The van der Waals surface area contributed by atoms with E-state index in [0.717, 1.165) is 33.7 Å². The first-order valence-electron chi connectivity index (χ1n) is 6.87. The Hall–Kier alpha value is -1.51. The molecule has 21 heavy (non-hydrogen) atoms. The molecule has 0 N–H and O–H groups in total. The second-order valence-corrected chi connectivity index (χ2v) is 6.38. The van der Waals surface area contributed by atoms with E-state index in [1.807, 2.05) is 44.2 Å². The average Bonchev–Trinajstić information content (AvgIpc) is 2.80. The summed E-state index contributed by atoms with van der Waals surface area (Å²) in [5.41, 5.74) is 5.20. The first-order chi connectivity index (χ1) is 9.99. The van der Waals surface area contributed by atoms with Crippen LogP contribution in [0.2, 0.25) is 5.02 Å². The third-order valence-corrected chi connectivity index (χ3v) is 4.10. The lowest BCUT2D eigenvalue weighted by Crippen LogP contribution is -2.03. The molecule has 0 spiro atoms. The number of rotatable bonds is 2. The largest absolute Gasteiger partial charge is 0.293 e. The number of aryl methyl sites for hydroxylation is 2. The van der Waals surface area contributed by atoms with Gasteiger partial charge < -0.3 is 0 Å². The highest BCUT2D eigenvalue weighted by Crippen LogP contribution is 2.33. The SMILES string of the molecule is Cc1ccc(-n2c(C(C)Cl)nc3cccc(C)c32)c(Cl)c1. The maximum Gasteiger partial charge on any atom is 0.132 e. The summed E-state index contributed by atoms with van der Waals surface area (Å²) in [4.78, 5) is 4.69. The molecule has 1 heterocycles. The highest BCUT2D eigenvalue weighted by molar-refractivity contribution is 6.32. The summed E-state index contributed by atoms with van der Waals surface area (Å²) < 4.78 is 2.07. The fraction of sp³-hybridized carbons (Fsp3) is 0.235. The molecule has 2 aromatic carbocycles. The molecular formula is C17H16Cl2N2. The zero-order valence-corrected chi connectivity index (χ0v) is 13.7. The van der Waals surface area contributed by atoms with Crippen molar-refractivity contribution in [3.63, 3.8) is 0 Å². The van der Waals surface area contributed by atoms with Crippen LogP contribution in [0.25, 0.3) is 16.7 Å². The molecule has 0 saturated heterocycles. The summed E-state index contributed by atoms with van der Waals surface area (Å²) in [5, 5.41) is 0.505. The molecule has 0 aliphatic rings. The Bertz CT molecular complexity index is 819. The van der Waals surface area contributed by atoms with E-state index in [1.54, 1.807) is 0 Å². The lowest BCUT2D eigenvalue weighted by Gasteiger charge is -2.13. The summed E-state index contributed by atoms with van der Waals surface area (Å²) in [6, 6.07) is 12.1. The van der Waals surface area contributed by atoms with Gasteiger partial charge in [-0.1, -0.05) is 29.8 Å². The van der Waals surface area contributed by atoms with Gasteiger partial charge in [-0.2, -0.15) is 0 Å². The van der Waals surface area contributed by atoms with Crippen molar-refractivity contribution in [3.05, 3.63) is 58.4 Å². The van der Waals surface area contributed by atoms with Crippen molar-refractivity contribution in [1.29, 1.82) is 0 Å². The van der Waals surface area contributed by atoms with Crippen LogP contribution in [0.3, 0.4) is 0 Å². The molecule has 1 atom stereocenters. The number of hydrogen-bond donors (Lipinski definition) is 0. The lowest BCUT2D eigenvalue weighted by molar-refractivity contribution is 0.881. The van der Waals surface area contributed by atoms with Crippen molar-refractivity contribution < 1.29 is 0 Å². The third-order valence-electron chi connectivity index (χ3n) is 3.60. The minimum absolute atomic E-state index is 0.200. The minimum atomic E-state index is -0.200. The molecule has 3 aromatic rings. The Kier molecular flexibility index (Phi) is 3.68. The van der Waals surface area contributed by atoms with Gasteiger partial charge in [0.05, 0.1) is 27.1 Å². The maximum atomic E-state index is 6.46. The van der Waals surface area contributed by atoms with Crippen molar-refractivity contribution in [2.45, 2.75) is 26.1 Å². The highest BCUT2D eigenvalue weighted by Gasteiger charge is 2.19. The van der Waals surface area contributed by atoms with Crippen LogP contribution >= 0.6 is 23.2 Å². The van der Waals surface area contributed by atoms with Crippen molar-refractivity contribution in [1.82, 2.24) is 9.55 Å². The van der Waals surface area contributed by atoms with E-state index in [2.05, 4.69) is 22.5 Å². The van der Waals surface area contributed by atoms with Crippen LogP contribution < -0.4 is 0 Å². The van der Waals surface area contributed by atoms with Gasteiger partial charge in [0.2, 0.25) is 0 Å². The Morgan fingerprint density at radius 3 is 2.57 bits per heavy atom. The molecule has 108 valence electrons. The lowest BCUT2D eigenvalue weighted by atomic mass is 10.2. The molecule has 0 radical (unpaired) electrons. The van der Waals surface area contributed by atoms with Crippen LogP contribution in [-0.4, -0.2) is 9.55 Å². The zero-order chi connectivity index (χ0) is 15.1. The van der Waals surface area contributed by atoms with E-state index >= 15 is 0 Å². The first kappa shape index (κ1) is 14.4. The van der Waals surface area contributed by atoms with E-state index in [1.165, 1.54) is 0 Å². The number of hydrogen-bond acceptors (Lipinski definition) is 1. The molecule has 1 unspecified atom stereocenters. The number of imidazole rings is 1. The molecule has 2 nitrogen and oxygen atoms in total. The maximum absolute atomic E-state index is 6.46. The van der Waals surface area contributed by atoms with Crippen LogP contribution in [0.15, 0.2) is 36.4 Å². The zero-order valence-electron chi connectivity index (χ0n) is 12.2. The summed E-state index contributed by atoms with van der Waals surface area (Å²) in [5.74, 6) is 0.812. The quantitative estimate of drug-likeness (QED) is 0.563. The molecule has 0 amide bonds.